The molecule has 36 heavy (non-hydrogen) atoms. The summed E-state index contributed by atoms with van der Waals surface area (Å²) in [6, 6.07) is 4.68. The van der Waals surface area contributed by atoms with Gasteiger partial charge in [0.1, 0.15) is 6.04 Å². The number of methoxy groups -OCH3 is 2. The molecule has 1 aromatic carbocycles. The Morgan fingerprint density at radius 2 is 1.89 bits per heavy atom. The molecular formula is C23H37BN2O7S3. The van der Waals surface area contributed by atoms with Crippen LogP contribution < -0.4 is 10.5 Å². The molecule has 0 bridgehead atoms. The van der Waals surface area contributed by atoms with Crippen LogP contribution in [0.2, 0.25) is 6.82 Å². The van der Waals surface area contributed by atoms with E-state index in [9.17, 15) is 19.4 Å². The molecule has 0 saturated heterocycles. The zero-order chi connectivity index (χ0) is 27.1. The summed E-state index contributed by atoms with van der Waals surface area (Å²) >= 11 is 1.59. The third-order valence-corrected chi connectivity index (χ3v) is 7.79. The Kier molecular flexibility index (Phi) is 16.3. The number of rotatable bonds is 16. The third kappa shape index (κ3) is 12.2. The molecule has 202 valence electrons. The second-order valence-corrected chi connectivity index (χ2v) is 11.5. The van der Waals surface area contributed by atoms with E-state index in [1.165, 1.54) is 25.0 Å². The molecule has 1 amide bonds. The Morgan fingerprint density at radius 1 is 1.17 bits per heavy atom. The van der Waals surface area contributed by atoms with Gasteiger partial charge in [-0.25, -0.2) is 9.59 Å². The zero-order valence-electron chi connectivity index (χ0n) is 21.7. The predicted octanol–water partition coefficient (Wildman–Crippen LogP) is 3.57. The van der Waals surface area contributed by atoms with Gasteiger partial charge in [0.2, 0.25) is 0 Å². The van der Waals surface area contributed by atoms with E-state index < -0.39 is 24.4 Å². The minimum absolute atomic E-state index is 0.104. The van der Waals surface area contributed by atoms with Crippen LogP contribution in [0.1, 0.15) is 47.7 Å². The first kappa shape index (κ1) is 32.7. The summed E-state index contributed by atoms with van der Waals surface area (Å²) in [6.45, 7) is 6.15. The smallest absolute Gasteiger partial charge is 0.377 e. The first-order chi connectivity index (χ1) is 17.1. The summed E-state index contributed by atoms with van der Waals surface area (Å²) in [7, 11) is 4.18. The van der Waals surface area contributed by atoms with E-state index in [2.05, 4.69) is 15.3 Å². The molecule has 0 fully saturated rings. The van der Waals surface area contributed by atoms with Crippen molar-refractivity contribution in [1.29, 1.82) is 0 Å². The van der Waals surface area contributed by atoms with E-state index in [4.69, 9.17) is 9.47 Å². The third-order valence-electron chi connectivity index (χ3n) is 5.01. The Balaban J connectivity index is 2.90. The van der Waals surface area contributed by atoms with Crippen LogP contribution in [0.4, 0.5) is 4.79 Å². The Labute approximate surface area is 226 Å². The minimum Gasteiger partial charge on any atom is -0.467 e. The molecule has 0 aliphatic rings. The summed E-state index contributed by atoms with van der Waals surface area (Å²) in [6.07, 6.45) is 2.41. The second-order valence-electron chi connectivity index (χ2n) is 8.28. The lowest BCUT2D eigenvalue weighted by Gasteiger charge is -2.20. The van der Waals surface area contributed by atoms with E-state index >= 15 is 0 Å². The lowest BCUT2D eigenvalue weighted by Crippen LogP contribution is -2.44. The first-order valence-electron chi connectivity index (χ1n) is 11.5. The average Bonchev–Trinajstić information content (AvgIpc) is 2.84. The fourth-order valence-electron chi connectivity index (χ4n) is 3.26. The highest BCUT2D eigenvalue weighted by molar-refractivity contribution is 8.82. The Bertz CT molecular complexity index is 846. The molecule has 2 atom stereocenters. The number of ether oxygens (including phenoxy) is 3. The van der Waals surface area contributed by atoms with Crippen LogP contribution in [0.3, 0.4) is 0 Å². The van der Waals surface area contributed by atoms with E-state index in [-0.39, 0.29) is 31.1 Å². The van der Waals surface area contributed by atoms with Crippen molar-refractivity contribution in [3.8, 4) is 0 Å². The van der Waals surface area contributed by atoms with Crippen LogP contribution in [0.5, 0.6) is 0 Å². The maximum atomic E-state index is 13.2. The number of amides is 1. The van der Waals surface area contributed by atoms with E-state index in [0.29, 0.717) is 23.5 Å². The van der Waals surface area contributed by atoms with Crippen molar-refractivity contribution in [3.63, 3.8) is 0 Å². The van der Waals surface area contributed by atoms with Crippen LogP contribution in [-0.2, 0) is 25.6 Å². The summed E-state index contributed by atoms with van der Waals surface area (Å²) in [5.74, 6) is 0.524. The molecule has 0 aliphatic heterocycles. The molecule has 0 heterocycles. The molecule has 1 rings (SSSR count). The highest BCUT2D eigenvalue weighted by Gasteiger charge is 2.24. The summed E-state index contributed by atoms with van der Waals surface area (Å²) in [5, 5.41) is 15.1. The monoisotopic (exact) mass is 560 g/mol. The summed E-state index contributed by atoms with van der Waals surface area (Å²) in [4.78, 5) is 36.6. The van der Waals surface area contributed by atoms with Gasteiger partial charge in [0.15, 0.2) is 0 Å². The molecule has 9 nitrogen and oxygen atoms in total. The number of hydrogen-bond acceptors (Lipinski definition) is 11. The molecule has 0 radical (unpaired) electrons. The number of carbonyl (C=O) groups is 3. The van der Waals surface area contributed by atoms with Gasteiger partial charge >= 0.3 is 18.3 Å². The summed E-state index contributed by atoms with van der Waals surface area (Å²) in [5.41, 5.74) is 2.16. The molecule has 13 heteroatoms. The van der Waals surface area contributed by atoms with Crippen molar-refractivity contribution in [3.05, 3.63) is 34.9 Å². The van der Waals surface area contributed by atoms with Gasteiger partial charge in [0.25, 0.3) is 5.91 Å². The van der Waals surface area contributed by atoms with Crippen molar-refractivity contribution in [1.82, 2.24) is 10.5 Å². The number of hydrogen-bond donors (Lipinski definition) is 3. The quantitative estimate of drug-likeness (QED) is 0.156. The molecule has 0 spiro atoms. The highest BCUT2D eigenvalue weighted by atomic mass is 33.1. The van der Waals surface area contributed by atoms with Crippen molar-refractivity contribution in [2.24, 2.45) is 0 Å². The van der Waals surface area contributed by atoms with Crippen LogP contribution in [0.25, 0.3) is 0 Å². The molecule has 0 aliphatic carbocycles. The van der Waals surface area contributed by atoms with Gasteiger partial charge in [-0.3, -0.25) is 4.79 Å². The van der Waals surface area contributed by atoms with Gasteiger partial charge in [-0.15, -0.1) is 0 Å². The normalized spacial score (nSPS) is 12.7. The fourth-order valence-corrected chi connectivity index (χ4v) is 5.51. The average molecular weight is 561 g/mol. The maximum Gasteiger partial charge on any atom is 0.377 e. The maximum absolute atomic E-state index is 13.2. The lowest BCUT2D eigenvalue weighted by molar-refractivity contribution is -0.142. The van der Waals surface area contributed by atoms with Crippen LogP contribution in [-0.4, -0.2) is 79.9 Å². The van der Waals surface area contributed by atoms with Crippen molar-refractivity contribution < 1.29 is 33.6 Å². The zero-order valence-corrected chi connectivity index (χ0v) is 24.1. The first-order valence-corrected chi connectivity index (χ1v) is 15.2. The lowest BCUT2D eigenvalue weighted by atomic mass is 9.87. The molecule has 0 saturated carbocycles. The largest absolute Gasteiger partial charge is 0.467 e. The SMILES string of the molecule is COC(=O)SSCC(COCc1ccc(C(C)C)c(C(=O)NC(CCSC)C(=O)OC)c1)NB(C)O. The number of carbonyl (C=O) groups excluding carboxylic acids is 3. The molecule has 3 N–H and O–H groups in total. The van der Waals surface area contributed by atoms with Crippen molar-refractivity contribution in [2.45, 2.75) is 51.7 Å². The van der Waals surface area contributed by atoms with E-state index in [1.54, 1.807) is 24.7 Å². The topological polar surface area (TPSA) is 123 Å². The van der Waals surface area contributed by atoms with E-state index in [1.807, 2.05) is 32.2 Å². The fraction of sp³-hybridized carbons (Fsp3) is 0.609. The van der Waals surface area contributed by atoms with Gasteiger partial charge in [-0.05, 0) is 48.4 Å². The predicted molar refractivity (Wildman–Crippen MR) is 150 cm³/mol. The summed E-state index contributed by atoms with van der Waals surface area (Å²) < 4.78 is 15.3. The van der Waals surface area contributed by atoms with Gasteiger partial charge in [-0.2, -0.15) is 11.8 Å². The number of nitrogens with one attached hydrogen (secondary N) is 2. The standard InChI is InChI=1S/C23H37BN2O7S3/c1-15(2)18-8-7-16(11-19(18)21(27)25-20(9-10-34-6)22(28)31-4)12-33-13-17(26-24(3)30)14-35-36-23(29)32-5/h7-8,11,15,17,20,26,30H,9-10,12-14H2,1-6H3,(H,25,27). The molecule has 2 unspecified atom stereocenters. The number of benzene rings is 1. The van der Waals surface area contributed by atoms with Crippen molar-refractivity contribution in [2.75, 3.05) is 38.6 Å². The van der Waals surface area contributed by atoms with Gasteiger partial charge in [0.05, 0.1) is 27.4 Å². The van der Waals surface area contributed by atoms with Crippen LogP contribution in [0.15, 0.2) is 18.2 Å². The van der Waals surface area contributed by atoms with Crippen LogP contribution in [0, 0.1) is 0 Å². The van der Waals surface area contributed by atoms with E-state index in [0.717, 1.165) is 21.9 Å². The number of esters is 1. The van der Waals surface area contributed by atoms with Gasteiger partial charge < -0.3 is 29.8 Å². The molecule has 1 aromatic rings. The molecule has 0 aromatic heterocycles. The van der Waals surface area contributed by atoms with Gasteiger partial charge in [0, 0.05) is 28.2 Å². The van der Waals surface area contributed by atoms with Crippen molar-refractivity contribution >= 4 is 57.6 Å². The second kappa shape index (κ2) is 18.0. The molecular weight excluding hydrogens is 523 g/mol. The van der Waals surface area contributed by atoms with Crippen LogP contribution >= 0.6 is 33.3 Å². The Morgan fingerprint density at radius 3 is 2.47 bits per heavy atom. The minimum atomic E-state index is -0.739. The Hall–Kier alpha value is -1.38. The number of thioether (sulfide) groups is 1. The highest BCUT2D eigenvalue weighted by Crippen LogP contribution is 2.25. The van der Waals surface area contributed by atoms with Gasteiger partial charge in [-0.1, -0.05) is 36.8 Å².